The lowest BCUT2D eigenvalue weighted by Crippen LogP contribution is -2.05. The number of rotatable bonds is 6. The zero-order valence-electron chi connectivity index (χ0n) is 16.5. The van der Waals surface area contributed by atoms with E-state index < -0.39 is 27.2 Å². The molecule has 11 heteroatoms. The molecule has 3 aromatic rings. The Bertz CT molecular complexity index is 1330. The number of cyclic esters (lactones) is 1. The molecule has 1 heterocycles. The van der Waals surface area contributed by atoms with Crippen molar-refractivity contribution in [3.05, 3.63) is 107 Å². The summed E-state index contributed by atoms with van der Waals surface area (Å²) in [5, 5.41) is 22.1. The van der Waals surface area contributed by atoms with E-state index in [1.165, 1.54) is 6.07 Å². The molecular formula is C22H12IN3O7. The van der Waals surface area contributed by atoms with Crippen molar-refractivity contribution in [1.82, 2.24) is 0 Å². The third kappa shape index (κ3) is 5.03. The molecule has 0 bridgehead atoms. The number of carbonyl (C=O) groups is 1. The summed E-state index contributed by atoms with van der Waals surface area (Å²) in [6.45, 7) is 0. The largest absolute Gasteiger partial charge is 0.450 e. The van der Waals surface area contributed by atoms with Crippen LogP contribution in [-0.2, 0) is 9.53 Å². The Morgan fingerprint density at radius 1 is 0.939 bits per heavy atom. The molecule has 164 valence electrons. The minimum Gasteiger partial charge on any atom is -0.450 e. The molecule has 10 nitrogen and oxygen atoms in total. The van der Waals surface area contributed by atoms with Gasteiger partial charge in [-0.15, -0.1) is 0 Å². The second-order valence-corrected chi connectivity index (χ2v) is 7.93. The average molecular weight is 557 g/mol. The summed E-state index contributed by atoms with van der Waals surface area (Å²) in [5.41, 5.74) is 0.495. The van der Waals surface area contributed by atoms with Gasteiger partial charge in [-0.3, -0.25) is 20.2 Å². The van der Waals surface area contributed by atoms with E-state index in [0.717, 1.165) is 15.7 Å². The predicted molar refractivity (Wildman–Crippen MR) is 126 cm³/mol. The SMILES string of the molecule is O=C1OC(c2ccc(I)cc2)=N/C1=C\c1ccc(Oc2ccc([N+](=O)[O-])cc2[N+](=O)[O-])cc1. The summed E-state index contributed by atoms with van der Waals surface area (Å²) in [6, 6.07) is 16.8. The van der Waals surface area contributed by atoms with Gasteiger partial charge in [-0.25, -0.2) is 9.79 Å². The minimum atomic E-state index is -0.754. The number of nitrogens with zero attached hydrogens (tertiary/aromatic N) is 3. The average Bonchev–Trinajstić information content (AvgIpc) is 3.15. The predicted octanol–water partition coefficient (Wildman–Crippen LogP) is 5.24. The fourth-order valence-corrected chi connectivity index (χ4v) is 3.25. The van der Waals surface area contributed by atoms with E-state index in [0.29, 0.717) is 11.1 Å². The third-order valence-corrected chi connectivity index (χ3v) is 5.19. The van der Waals surface area contributed by atoms with Gasteiger partial charge in [0.15, 0.2) is 5.70 Å². The molecule has 0 amide bonds. The molecule has 1 aliphatic rings. The highest BCUT2D eigenvalue weighted by Gasteiger charge is 2.24. The molecule has 0 saturated carbocycles. The first-order valence-electron chi connectivity index (χ1n) is 9.29. The lowest BCUT2D eigenvalue weighted by molar-refractivity contribution is -0.394. The smallest absolute Gasteiger partial charge is 0.363 e. The van der Waals surface area contributed by atoms with Crippen molar-refractivity contribution in [2.24, 2.45) is 4.99 Å². The summed E-state index contributed by atoms with van der Waals surface area (Å²) in [5.74, 6) is -0.229. The Morgan fingerprint density at radius 2 is 1.64 bits per heavy atom. The molecular weight excluding hydrogens is 545 g/mol. The maximum atomic E-state index is 12.2. The van der Waals surface area contributed by atoms with E-state index >= 15 is 0 Å². The number of carbonyl (C=O) groups excluding carboxylic acids is 1. The van der Waals surface area contributed by atoms with Crippen LogP contribution in [0.25, 0.3) is 6.08 Å². The third-order valence-electron chi connectivity index (χ3n) is 4.47. The number of nitro benzene ring substituents is 2. The summed E-state index contributed by atoms with van der Waals surface area (Å²) >= 11 is 2.17. The molecule has 4 rings (SSSR count). The van der Waals surface area contributed by atoms with Gasteiger partial charge in [0.05, 0.1) is 15.9 Å². The van der Waals surface area contributed by atoms with Crippen molar-refractivity contribution < 1.29 is 24.1 Å². The lowest BCUT2D eigenvalue weighted by atomic mass is 10.2. The Labute approximate surface area is 199 Å². The molecule has 0 unspecified atom stereocenters. The van der Waals surface area contributed by atoms with Gasteiger partial charge in [0, 0.05) is 15.2 Å². The molecule has 0 aromatic heterocycles. The van der Waals surface area contributed by atoms with E-state index in [2.05, 4.69) is 27.6 Å². The van der Waals surface area contributed by atoms with Gasteiger partial charge in [-0.05, 0) is 76.7 Å². The summed E-state index contributed by atoms with van der Waals surface area (Å²) in [6.07, 6.45) is 1.54. The van der Waals surface area contributed by atoms with Gasteiger partial charge in [-0.1, -0.05) is 12.1 Å². The number of non-ortho nitro benzene ring substituents is 1. The van der Waals surface area contributed by atoms with Crippen molar-refractivity contribution >= 4 is 51.9 Å². The quantitative estimate of drug-likeness (QED) is 0.133. The van der Waals surface area contributed by atoms with Gasteiger partial charge in [0.2, 0.25) is 11.6 Å². The van der Waals surface area contributed by atoms with E-state index in [9.17, 15) is 25.0 Å². The molecule has 0 saturated heterocycles. The first-order valence-corrected chi connectivity index (χ1v) is 10.4. The molecule has 33 heavy (non-hydrogen) atoms. The van der Waals surface area contributed by atoms with Crippen molar-refractivity contribution in [3.8, 4) is 11.5 Å². The second kappa shape index (κ2) is 9.16. The number of hydrogen-bond donors (Lipinski definition) is 0. The minimum absolute atomic E-state index is 0.128. The van der Waals surface area contributed by atoms with Crippen LogP contribution >= 0.6 is 22.6 Å². The normalized spacial score (nSPS) is 14.0. The standard InChI is InChI=1S/C22H12IN3O7/c23-15-5-3-14(4-6-15)21-24-18(22(27)33-21)11-13-1-8-17(9-2-13)32-20-10-7-16(25(28)29)12-19(20)26(30)31/h1-12H/b18-11-. The van der Waals surface area contributed by atoms with Crippen molar-refractivity contribution in [1.29, 1.82) is 0 Å². The maximum absolute atomic E-state index is 12.2. The van der Waals surface area contributed by atoms with Crippen LogP contribution in [0.15, 0.2) is 77.4 Å². The monoisotopic (exact) mass is 557 g/mol. The van der Waals surface area contributed by atoms with Crippen molar-refractivity contribution in [2.45, 2.75) is 0 Å². The van der Waals surface area contributed by atoms with Crippen molar-refractivity contribution in [2.75, 3.05) is 0 Å². The molecule has 3 aromatic carbocycles. The maximum Gasteiger partial charge on any atom is 0.363 e. The zero-order valence-corrected chi connectivity index (χ0v) is 18.7. The van der Waals surface area contributed by atoms with Crippen LogP contribution in [0.1, 0.15) is 11.1 Å². The number of halogens is 1. The highest BCUT2D eigenvalue weighted by Crippen LogP contribution is 2.34. The van der Waals surface area contributed by atoms with Gasteiger partial charge in [0.25, 0.3) is 5.69 Å². The van der Waals surface area contributed by atoms with Crippen molar-refractivity contribution in [3.63, 3.8) is 0 Å². The number of nitro groups is 2. The Morgan fingerprint density at radius 3 is 2.27 bits per heavy atom. The molecule has 0 aliphatic carbocycles. The van der Waals surface area contributed by atoms with Gasteiger partial charge < -0.3 is 9.47 Å². The highest BCUT2D eigenvalue weighted by atomic mass is 127. The van der Waals surface area contributed by atoms with E-state index in [-0.39, 0.29) is 23.1 Å². The van der Waals surface area contributed by atoms with Crippen LogP contribution < -0.4 is 4.74 Å². The van der Waals surface area contributed by atoms with Crippen LogP contribution in [0.4, 0.5) is 11.4 Å². The Balaban J connectivity index is 1.54. The van der Waals surface area contributed by atoms with Crippen LogP contribution in [0, 0.1) is 23.8 Å². The van der Waals surface area contributed by atoms with Crippen LogP contribution in [0.3, 0.4) is 0 Å². The van der Waals surface area contributed by atoms with E-state index in [4.69, 9.17) is 9.47 Å². The second-order valence-electron chi connectivity index (χ2n) is 6.68. The summed E-state index contributed by atoms with van der Waals surface area (Å²) < 4.78 is 11.8. The van der Waals surface area contributed by atoms with Crippen LogP contribution in [0.2, 0.25) is 0 Å². The van der Waals surface area contributed by atoms with E-state index in [1.807, 2.05) is 12.1 Å². The van der Waals surface area contributed by atoms with Gasteiger partial charge >= 0.3 is 11.7 Å². The molecule has 0 fully saturated rings. The van der Waals surface area contributed by atoms with Crippen LogP contribution in [0.5, 0.6) is 11.5 Å². The van der Waals surface area contributed by atoms with Gasteiger partial charge in [-0.2, -0.15) is 0 Å². The summed E-state index contributed by atoms with van der Waals surface area (Å²) in [4.78, 5) is 37.1. The lowest BCUT2D eigenvalue weighted by Gasteiger charge is -2.06. The Kier molecular flexibility index (Phi) is 6.13. The van der Waals surface area contributed by atoms with Gasteiger partial charge in [0.1, 0.15) is 5.75 Å². The number of esters is 1. The first kappa shape index (κ1) is 22.1. The number of benzene rings is 3. The highest BCUT2D eigenvalue weighted by molar-refractivity contribution is 14.1. The number of aliphatic imine (C=N–C) groups is 1. The van der Waals surface area contributed by atoms with Crippen LogP contribution in [-0.4, -0.2) is 21.7 Å². The molecule has 1 aliphatic heterocycles. The zero-order chi connectivity index (χ0) is 23.5. The first-order chi connectivity index (χ1) is 15.8. The topological polar surface area (TPSA) is 134 Å². The van der Waals surface area contributed by atoms with E-state index in [1.54, 1.807) is 42.5 Å². The number of hydrogen-bond acceptors (Lipinski definition) is 8. The molecule has 0 spiro atoms. The molecule has 0 N–H and O–H groups in total. The molecule has 0 radical (unpaired) electrons. The Hall–Kier alpha value is -4.13. The summed E-state index contributed by atoms with van der Waals surface area (Å²) in [7, 11) is 0. The number of ether oxygens (including phenoxy) is 2. The fourth-order valence-electron chi connectivity index (χ4n) is 2.89. The molecule has 0 atom stereocenters. The fraction of sp³-hybridized carbons (Fsp3) is 0.